The highest BCUT2D eigenvalue weighted by molar-refractivity contribution is 5.91. The number of amidine groups is 1. The summed E-state index contributed by atoms with van der Waals surface area (Å²) >= 11 is 0. The Morgan fingerprint density at radius 2 is 2.05 bits per heavy atom. The molecule has 0 aliphatic rings. The summed E-state index contributed by atoms with van der Waals surface area (Å²) in [5.74, 6) is -0.0556. The molecule has 0 fully saturated rings. The van der Waals surface area contributed by atoms with Crippen LogP contribution in [0, 0.1) is 0 Å². The maximum atomic E-state index is 11.5. The molecule has 6 nitrogen and oxygen atoms in total. The number of rotatable bonds is 6. The molecule has 0 saturated carbocycles. The summed E-state index contributed by atoms with van der Waals surface area (Å²) in [6.07, 6.45) is 0.384. The number of oxime groups is 1. The lowest BCUT2D eigenvalue weighted by Crippen LogP contribution is -2.20. The van der Waals surface area contributed by atoms with Gasteiger partial charge >= 0.3 is 0 Å². The van der Waals surface area contributed by atoms with E-state index in [1.807, 2.05) is 13.8 Å². The molecule has 1 aromatic rings. The van der Waals surface area contributed by atoms with E-state index >= 15 is 0 Å². The number of carbonyl (C=O) groups excluding carboxylic acids is 1. The topological polar surface area (TPSA) is 96.9 Å². The highest BCUT2D eigenvalue weighted by atomic mass is 16.5. The fourth-order valence-corrected chi connectivity index (χ4v) is 1.39. The second-order valence-corrected chi connectivity index (χ2v) is 4.37. The van der Waals surface area contributed by atoms with Gasteiger partial charge in [0.1, 0.15) is 12.4 Å². The van der Waals surface area contributed by atoms with Gasteiger partial charge in [-0.3, -0.25) is 4.79 Å². The molecular weight excluding hydrogens is 246 g/mol. The maximum Gasteiger partial charge on any atom is 0.250 e. The number of nitrogens with one attached hydrogen (secondary N) is 1. The Balaban J connectivity index is 2.50. The van der Waals surface area contributed by atoms with E-state index in [4.69, 9.17) is 15.7 Å². The van der Waals surface area contributed by atoms with E-state index in [2.05, 4.69) is 10.5 Å². The SMILES string of the molecule is CC(C)OCC(=O)Nc1ccc(C/C(N)=N/O)cc1. The summed E-state index contributed by atoms with van der Waals surface area (Å²) in [6.45, 7) is 3.77. The number of anilines is 1. The Bertz CT molecular complexity index is 441. The van der Waals surface area contributed by atoms with Gasteiger partial charge in [0, 0.05) is 12.1 Å². The third-order valence-corrected chi connectivity index (χ3v) is 2.30. The molecule has 0 atom stereocenters. The Morgan fingerprint density at radius 3 is 2.58 bits per heavy atom. The van der Waals surface area contributed by atoms with Crippen LogP contribution in [0.15, 0.2) is 29.4 Å². The Morgan fingerprint density at radius 1 is 1.42 bits per heavy atom. The molecule has 19 heavy (non-hydrogen) atoms. The van der Waals surface area contributed by atoms with Gasteiger partial charge in [-0.05, 0) is 31.5 Å². The molecule has 1 rings (SSSR count). The van der Waals surface area contributed by atoms with E-state index in [-0.39, 0.29) is 24.5 Å². The minimum atomic E-state index is -0.196. The molecule has 0 unspecified atom stereocenters. The first kappa shape index (κ1) is 15.0. The van der Waals surface area contributed by atoms with Crippen LogP contribution in [-0.4, -0.2) is 29.7 Å². The molecule has 4 N–H and O–H groups in total. The molecule has 0 saturated heterocycles. The van der Waals surface area contributed by atoms with Crippen molar-refractivity contribution in [2.45, 2.75) is 26.4 Å². The third-order valence-electron chi connectivity index (χ3n) is 2.30. The molecule has 0 bridgehead atoms. The molecule has 1 aromatic carbocycles. The summed E-state index contributed by atoms with van der Waals surface area (Å²) in [5, 5.41) is 14.1. The number of amides is 1. The van der Waals surface area contributed by atoms with Crippen LogP contribution >= 0.6 is 0 Å². The van der Waals surface area contributed by atoms with Crippen LogP contribution in [-0.2, 0) is 16.0 Å². The number of nitrogens with zero attached hydrogens (tertiary/aromatic N) is 1. The number of benzene rings is 1. The van der Waals surface area contributed by atoms with E-state index in [1.165, 1.54) is 0 Å². The highest BCUT2D eigenvalue weighted by Crippen LogP contribution is 2.10. The van der Waals surface area contributed by atoms with Crippen LogP contribution < -0.4 is 11.1 Å². The van der Waals surface area contributed by atoms with Crippen molar-refractivity contribution in [3.8, 4) is 0 Å². The molecule has 0 radical (unpaired) electrons. The average molecular weight is 265 g/mol. The number of hydrogen-bond donors (Lipinski definition) is 3. The summed E-state index contributed by atoms with van der Waals surface area (Å²) in [5.41, 5.74) is 6.98. The summed E-state index contributed by atoms with van der Waals surface area (Å²) in [7, 11) is 0. The smallest absolute Gasteiger partial charge is 0.250 e. The van der Waals surface area contributed by atoms with Crippen molar-refractivity contribution in [3.63, 3.8) is 0 Å². The van der Waals surface area contributed by atoms with Crippen molar-refractivity contribution in [3.05, 3.63) is 29.8 Å². The van der Waals surface area contributed by atoms with Gasteiger partial charge in [-0.25, -0.2) is 0 Å². The van der Waals surface area contributed by atoms with Crippen molar-refractivity contribution in [1.29, 1.82) is 0 Å². The van der Waals surface area contributed by atoms with Crippen molar-refractivity contribution in [2.24, 2.45) is 10.9 Å². The van der Waals surface area contributed by atoms with E-state index in [9.17, 15) is 4.79 Å². The third kappa shape index (κ3) is 5.87. The minimum absolute atomic E-state index is 0.0221. The second kappa shape index (κ2) is 7.38. The fourth-order valence-electron chi connectivity index (χ4n) is 1.39. The predicted octanol–water partition coefficient (Wildman–Crippen LogP) is 1.34. The molecule has 0 heterocycles. The van der Waals surface area contributed by atoms with Gasteiger partial charge in [0.25, 0.3) is 0 Å². The Kier molecular flexibility index (Phi) is 5.81. The molecule has 1 amide bonds. The quantitative estimate of drug-likeness (QED) is 0.313. The largest absolute Gasteiger partial charge is 0.409 e. The van der Waals surface area contributed by atoms with Crippen molar-refractivity contribution < 1.29 is 14.7 Å². The van der Waals surface area contributed by atoms with Gasteiger partial charge in [-0.1, -0.05) is 17.3 Å². The fraction of sp³-hybridized carbons (Fsp3) is 0.385. The Hall–Kier alpha value is -2.08. The van der Waals surface area contributed by atoms with Gasteiger partial charge in [0.2, 0.25) is 5.91 Å². The zero-order valence-electron chi connectivity index (χ0n) is 11.1. The number of ether oxygens (including phenoxy) is 1. The van der Waals surface area contributed by atoms with Gasteiger partial charge in [0.15, 0.2) is 0 Å². The zero-order chi connectivity index (χ0) is 14.3. The monoisotopic (exact) mass is 265 g/mol. The van der Waals surface area contributed by atoms with Gasteiger partial charge in [-0.15, -0.1) is 0 Å². The van der Waals surface area contributed by atoms with Gasteiger partial charge in [-0.2, -0.15) is 0 Å². The number of hydrogen-bond acceptors (Lipinski definition) is 4. The van der Waals surface area contributed by atoms with Crippen molar-refractivity contribution >= 4 is 17.4 Å². The first-order chi connectivity index (χ1) is 9.01. The standard InChI is InChI=1S/C13H19N3O3/c1-9(2)19-8-13(17)15-11-5-3-10(4-6-11)7-12(14)16-18/h3-6,9,18H,7-8H2,1-2H3,(H2,14,16)(H,15,17). The van der Waals surface area contributed by atoms with Crippen molar-refractivity contribution in [1.82, 2.24) is 0 Å². The van der Waals surface area contributed by atoms with Crippen LogP contribution in [0.4, 0.5) is 5.69 Å². The first-order valence-corrected chi connectivity index (χ1v) is 5.98. The highest BCUT2D eigenvalue weighted by Gasteiger charge is 2.04. The summed E-state index contributed by atoms with van der Waals surface area (Å²) in [4.78, 5) is 11.5. The molecule has 0 aliphatic heterocycles. The molecule has 0 spiro atoms. The molecule has 104 valence electrons. The van der Waals surface area contributed by atoms with Crippen LogP contribution in [0.3, 0.4) is 0 Å². The lowest BCUT2D eigenvalue weighted by Gasteiger charge is -2.09. The lowest BCUT2D eigenvalue weighted by molar-refractivity contribution is -0.121. The van der Waals surface area contributed by atoms with Gasteiger partial charge in [0.05, 0.1) is 6.10 Å². The van der Waals surface area contributed by atoms with E-state index in [0.29, 0.717) is 12.1 Å². The number of carbonyl (C=O) groups is 1. The Labute approximate surface area is 112 Å². The first-order valence-electron chi connectivity index (χ1n) is 5.98. The second-order valence-electron chi connectivity index (χ2n) is 4.37. The number of nitrogens with two attached hydrogens (primary N) is 1. The summed E-state index contributed by atoms with van der Waals surface area (Å²) < 4.78 is 5.19. The maximum absolute atomic E-state index is 11.5. The molecular formula is C13H19N3O3. The van der Waals surface area contributed by atoms with E-state index in [0.717, 1.165) is 5.56 Å². The molecule has 0 aliphatic carbocycles. The van der Waals surface area contributed by atoms with Crippen LogP contribution in [0.25, 0.3) is 0 Å². The zero-order valence-corrected chi connectivity index (χ0v) is 11.1. The van der Waals surface area contributed by atoms with Gasteiger partial charge < -0.3 is 21.0 Å². The van der Waals surface area contributed by atoms with Crippen LogP contribution in [0.1, 0.15) is 19.4 Å². The normalized spacial score (nSPS) is 11.6. The molecule has 6 heteroatoms. The molecule has 0 aromatic heterocycles. The minimum Gasteiger partial charge on any atom is -0.409 e. The average Bonchev–Trinajstić information content (AvgIpc) is 2.38. The summed E-state index contributed by atoms with van der Waals surface area (Å²) in [6, 6.07) is 7.12. The predicted molar refractivity (Wildman–Crippen MR) is 73.3 cm³/mol. The van der Waals surface area contributed by atoms with Crippen LogP contribution in [0.2, 0.25) is 0 Å². The van der Waals surface area contributed by atoms with E-state index < -0.39 is 0 Å². The van der Waals surface area contributed by atoms with Crippen LogP contribution in [0.5, 0.6) is 0 Å². The lowest BCUT2D eigenvalue weighted by atomic mass is 10.1. The van der Waals surface area contributed by atoms with Crippen molar-refractivity contribution in [2.75, 3.05) is 11.9 Å². The van der Waals surface area contributed by atoms with E-state index in [1.54, 1.807) is 24.3 Å².